The Bertz CT molecular complexity index is 241. The Kier molecular flexibility index (Phi) is 8.19. The van der Waals surface area contributed by atoms with Gasteiger partial charge < -0.3 is 15.2 Å². The van der Waals surface area contributed by atoms with E-state index in [2.05, 4.69) is 5.32 Å². The van der Waals surface area contributed by atoms with Gasteiger partial charge in [0.05, 0.1) is 13.0 Å². The first-order chi connectivity index (χ1) is 7.95. The molecule has 0 aromatic rings. The van der Waals surface area contributed by atoms with Gasteiger partial charge in [0.15, 0.2) is 0 Å². The lowest BCUT2D eigenvalue weighted by Gasteiger charge is -2.17. The molecule has 1 atom stereocenters. The van der Waals surface area contributed by atoms with Gasteiger partial charge in [0, 0.05) is 6.54 Å². The highest BCUT2D eigenvalue weighted by molar-refractivity contribution is 5.70. The number of rotatable bonds is 8. The minimum Gasteiger partial charge on any atom is -0.466 e. The molecule has 0 bridgehead atoms. The van der Waals surface area contributed by atoms with E-state index in [4.69, 9.17) is 9.84 Å². The van der Waals surface area contributed by atoms with Crippen LogP contribution in [0.3, 0.4) is 0 Å². The van der Waals surface area contributed by atoms with Gasteiger partial charge in [-0.25, -0.2) is 4.79 Å². The van der Waals surface area contributed by atoms with Gasteiger partial charge in [-0.2, -0.15) is 0 Å². The van der Waals surface area contributed by atoms with Crippen LogP contribution in [0.4, 0.5) is 4.79 Å². The maximum atomic E-state index is 11.4. The number of hydrogen-bond donors (Lipinski definition) is 2. The summed E-state index contributed by atoms with van der Waals surface area (Å²) in [6.45, 7) is 6.76. The van der Waals surface area contributed by atoms with Crippen LogP contribution in [-0.4, -0.2) is 30.3 Å². The molecule has 5 heteroatoms. The third kappa shape index (κ3) is 9.66. The maximum Gasteiger partial charge on any atom is 0.404 e. The number of nitrogens with one attached hydrogen (secondary N) is 1. The molecule has 1 amide bonds. The molecular weight excluding hydrogens is 222 g/mol. The van der Waals surface area contributed by atoms with Gasteiger partial charge in [-0.3, -0.25) is 4.79 Å². The fraction of sp³-hybridized carbons (Fsp3) is 0.833. The molecule has 0 heterocycles. The van der Waals surface area contributed by atoms with Crippen molar-refractivity contribution in [2.24, 2.45) is 11.8 Å². The average Bonchev–Trinajstić information content (AvgIpc) is 2.22. The van der Waals surface area contributed by atoms with E-state index in [9.17, 15) is 9.59 Å². The van der Waals surface area contributed by atoms with Crippen molar-refractivity contribution in [1.82, 2.24) is 5.32 Å². The first-order valence-electron chi connectivity index (χ1n) is 6.08. The second-order valence-corrected chi connectivity index (χ2v) is 4.61. The van der Waals surface area contributed by atoms with Gasteiger partial charge in [0.2, 0.25) is 0 Å². The van der Waals surface area contributed by atoms with E-state index in [0.717, 1.165) is 12.8 Å². The molecule has 0 unspecified atom stereocenters. The molecule has 0 aliphatic carbocycles. The summed E-state index contributed by atoms with van der Waals surface area (Å²) in [6, 6.07) is 0. The maximum absolute atomic E-state index is 11.4. The molecule has 100 valence electrons. The minimum absolute atomic E-state index is 0.00968. The summed E-state index contributed by atoms with van der Waals surface area (Å²) in [5.41, 5.74) is 0. The first-order valence-corrected chi connectivity index (χ1v) is 6.08. The van der Waals surface area contributed by atoms with Crippen LogP contribution in [0.25, 0.3) is 0 Å². The normalized spacial score (nSPS) is 12.2. The number of carboxylic acid groups (broad SMARTS) is 1. The Morgan fingerprint density at radius 3 is 2.47 bits per heavy atom. The second-order valence-electron chi connectivity index (χ2n) is 4.61. The Hall–Kier alpha value is -1.26. The zero-order valence-corrected chi connectivity index (χ0v) is 10.9. The van der Waals surface area contributed by atoms with Crippen molar-refractivity contribution in [2.45, 2.75) is 40.0 Å². The van der Waals surface area contributed by atoms with Crippen LogP contribution < -0.4 is 5.32 Å². The Morgan fingerprint density at radius 1 is 1.35 bits per heavy atom. The van der Waals surface area contributed by atoms with Gasteiger partial charge in [-0.05, 0) is 24.7 Å². The van der Waals surface area contributed by atoms with Crippen LogP contribution in [0.15, 0.2) is 0 Å². The van der Waals surface area contributed by atoms with Crippen LogP contribution >= 0.6 is 0 Å². The molecule has 5 nitrogen and oxygen atoms in total. The fourth-order valence-corrected chi connectivity index (χ4v) is 1.65. The van der Waals surface area contributed by atoms with Crippen LogP contribution in [0.1, 0.15) is 40.0 Å². The molecule has 0 aromatic carbocycles. The summed E-state index contributed by atoms with van der Waals surface area (Å²) in [4.78, 5) is 21.9. The number of ether oxygens (including phenoxy) is 1. The average molecular weight is 245 g/mol. The quantitative estimate of drug-likeness (QED) is 0.643. The number of amides is 1. The van der Waals surface area contributed by atoms with Crippen LogP contribution in [0.5, 0.6) is 0 Å². The molecule has 0 fully saturated rings. The molecule has 2 N–H and O–H groups in total. The lowest BCUT2D eigenvalue weighted by molar-refractivity contribution is -0.144. The Morgan fingerprint density at radius 2 is 2.00 bits per heavy atom. The summed E-state index contributed by atoms with van der Waals surface area (Å²) >= 11 is 0. The second kappa shape index (κ2) is 8.84. The molecule has 0 rings (SSSR count). The summed E-state index contributed by atoms with van der Waals surface area (Å²) in [5.74, 6) is 0.190. The molecule has 0 aliphatic rings. The first kappa shape index (κ1) is 15.7. The van der Waals surface area contributed by atoms with Gasteiger partial charge in [0.1, 0.15) is 0 Å². The predicted octanol–water partition coefficient (Wildman–Crippen LogP) is 2.26. The number of hydrogen-bond acceptors (Lipinski definition) is 3. The van der Waals surface area contributed by atoms with E-state index in [-0.39, 0.29) is 18.3 Å². The van der Waals surface area contributed by atoms with Gasteiger partial charge in [-0.1, -0.05) is 20.8 Å². The Labute approximate surface area is 103 Å². The topological polar surface area (TPSA) is 75.6 Å². The molecule has 0 saturated carbocycles. The van der Waals surface area contributed by atoms with Crippen LogP contribution in [0, 0.1) is 11.8 Å². The van der Waals surface area contributed by atoms with Crippen molar-refractivity contribution in [3.8, 4) is 0 Å². The van der Waals surface area contributed by atoms with Gasteiger partial charge in [-0.15, -0.1) is 0 Å². The molecule has 0 saturated heterocycles. The summed E-state index contributed by atoms with van der Waals surface area (Å²) < 4.78 is 5.00. The van der Waals surface area contributed by atoms with E-state index in [1.807, 2.05) is 20.8 Å². The standard InChI is InChI=1S/C12H23NO4/c1-4-5-17-11(14)7-10(6-9(2)3)8-13-12(15)16/h9-10,13H,4-8H2,1-3H3,(H,15,16)/t10-/m0/s1. The van der Waals surface area contributed by atoms with E-state index in [0.29, 0.717) is 19.1 Å². The third-order valence-corrected chi connectivity index (χ3v) is 2.27. The molecule has 0 spiro atoms. The third-order valence-electron chi connectivity index (χ3n) is 2.27. The Balaban J connectivity index is 4.07. The zero-order chi connectivity index (χ0) is 13.3. The van der Waals surface area contributed by atoms with Crippen molar-refractivity contribution in [2.75, 3.05) is 13.2 Å². The SMILES string of the molecule is CCCOC(=O)C[C@@H](CNC(=O)O)CC(C)C. The van der Waals surface area contributed by atoms with Gasteiger partial charge >= 0.3 is 12.1 Å². The predicted molar refractivity (Wildman–Crippen MR) is 64.8 cm³/mol. The van der Waals surface area contributed by atoms with Crippen molar-refractivity contribution >= 4 is 12.1 Å². The van der Waals surface area contributed by atoms with E-state index >= 15 is 0 Å². The summed E-state index contributed by atoms with van der Waals surface area (Å²) in [7, 11) is 0. The molecule has 0 aliphatic heterocycles. The van der Waals surface area contributed by atoms with Crippen molar-refractivity contribution < 1.29 is 19.4 Å². The summed E-state index contributed by atoms with van der Waals surface area (Å²) in [5, 5.41) is 10.9. The molecule has 17 heavy (non-hydrogen) atoms. The number of carbonyl (C=O) groups is 2. The summed E-state index contributed by atoms with van der Waals surface area (Å²) in [6.07, 6.45) is 0.828. The number of esters is 1. The zero-order valence-electron chi connectivity index (χ0n) is 10.9. The van der Waals surface area contributed by atoms with Crippen LogP contribution in [-0.2, 0) is 9.53 Å². The highest BCUT2D eigenvalue weighted by Crippen LogP contribution is 2.15. The lowest BCUT2D eigenvalue weighted by atomic mass is 9.94. The van der Waals surface area contributed by atoms with Crippen molar-refractivity contribution in [1.29, 1.82) is 0 Å². The fourth-order valence-electron chi connectivity index (χ4n) is 1.65. The van der Waals surface area contributed by atoms with Gasteiger partial charge in [0.25, 0.3) is 0 Å². The van der Waals surface area contributed by atoms with E-state index in [1.54, 1.807) is 0 Å². The molecular formula is C12H23NO4. The number of carbonyl (C=O) groups excluding carboxylic acids is 1. The monoisotopic (exact) mass is 245 g/mol. The van der Waals surface area contributed by atoms with Crippen molar-refractivity contribution in [3.63, 3.8) is 0 Å². The van der Waals surface area contributed by atoms with E-state index < -0.39 is 6.09 Å². The smallest absolute Gasteiger partial charge is 0.404 e. The highest BCUT2D eigenvalue weighted by atomic mass is 16.5. The highest BCUT2D eigenvalue weighted by Gasteiger charge is 2.17. The van der Waals surface area contributed by atoms with E-state index in [1.165, 1.54) is 0 Å². The van der Waals surface area contributed by atoms with Crippen molar-refractivity contribution in [3.05, 3.63) is 0 Å². The van der Waals surface area contributed by atoms with Crippen LogP contribution in [0.2, 0.25) is 0 Å². The minimum atomic E-state index is -1.05. The largest absolute Gasteiger partial charge is 0.466 e. The lowest BCUT2D eigenvalue weighted by Crippen LogP contribution is -2.30. The molecule has 0 aromatic heterocycles. The molecule has 0 radical (unpaired) electrons.